The number of fused-ring (bicyclic) bond motifs is 2. The van der Waals surface area contributed by atoms with Gasteiger partial charge in [-0.15, -0.1) is 0 Å². The summed E-state index contributed by atoms with van der Waals surface area (Å²) >= 11 is 1.75. The fraction of sp³-hybridized carbons (Fsp3) is 0.412. The summed E-state index contributed by atoms with van der Waals surface area (Å²) in [5, 5.41) is 5.94. The highest BCUT2D eigenvalue weighted by Crippen LogP contribution is 2.42. The van der Waals surface area contributed by atoms with Gasteiger partial charge in [-0.3, -0.25) is 0 Å². The van der Waals surface area contributed by atoms with Crippen LogP contribution in [0.5, 0.6) is 0 Å². The highest BCUT2D eigenvalue weighted by atomic mass is 32.1. The predicted octanol–water partition coefficient (Wildman–Crippen LogP) is 4.21. The van der Waals surface area contributed by atoms with Crippen LogP contribution >= 0.6 is 11.3 Å². The maximum atomic E-state index is 4.78. The van der Waals surface area contributed by atoms with E-state index in [1.54, 1.807) is 11.3 Å². The third-order valence-electron chi connectivity index (χ3n) is 4.63. The van der Waals surface area contributed by atoms with Crippen molar-refractivity contribution in [1.82, 2.24) is 14.6 Å². The molecule has 0 bridgehead atoms. The van der Waals surface area contributed by atoms with Crippen LogP contribution in [0.2, 0.25) is 0 Å². The SMILES string of the molecule is c1cc2c(cc1-c1cn3nc(C4CC4)sc3n1)CCCC2. The molecule has 0 radical (unpaired) electrons. The summed E-state index contributed by atoms with van der Waals surface area (Å²) in [5.41, 5.74) is 5.34. The van der Waals surface area contributed by atoms with Gasteiger partial charge in [0, 0.05) is 11.5 Å². The molecule has 0 saturated heterocycles. The third kappa shape index (κ3) is 2.01. The molecule has 2 aliphatic carbocycles. The van der Waals surface area contributed by atoms with Crippen molar-refractivity contribution in [2.24, 2.45) is 0 Å². The average molecular weight is 295 g/mol. The molecule has 2 aliphatic rings. The molecule has 2 aromatic heterocycles. The molecule has 1 saturated carbocycles. The van der Waals surface area contributed by atoms with E-state index in [-0.39, 0.29) is 0 Å². The summed E-state index contributed by atoms with van der Waals surface area (Å²) in [5.74, 6) is 0.712. The zero-order valence-corrected chi connectivity index (χ0v) is 12.7. The number of benzene rings is 1. The summed E-state index contributed by atoms with van der Waals surface area (Å²) in [6.45, 7) is 0. The number of rotatable bonds is 2. The van der Waals surface area contributed by atoms with Crippen molar-refractivity contribution in [2.45, 2.75) is 44.4 Å². The lowest BCUT2D eigenvalue weighted by Crippen LogP contribution is -2.02. The van der Waals surface area contributed by atoms with Gasteiger partial charge in [0.1, 0.15) is 5.01 Å². The minimum absolute atomic E-state index is 0.712. The summed E-state index contributed by atoms with van der Waals surface area (Å²) in [4.78, 5) is 5.81. The number of nitrogens with zero attached hydrogens (tertiary/aromatic N) is 3. The highest BCUT2D eigenvalue weighted by Gasteiger charge is 2.28. The lowest BCUT2D eigenvalue weighted by Gasteiger charge is -2.15. The Morgan fingerprint density at radius 1 is 1.10 bits per heavy atom. The number of aromatic nitrogens is 3. The van der Waals surface area contributed by atoms with E-state index in [1.807, 2.05) is 4.52 Å². The Kier molecular flexibility index (Phi) is 2.50. The van der Waals surface area contributed by atoms with Crippen LogP contribution in [0.15, 0.2) is 24.4 Å². The first kappa shape index (κ1) is 11.9. The van der Waals surface area contributed by atoms with Gasteiger partial charge in [0.25, 0.3) is 0 Å². The first-order valence-corrected chi connectivity index (χ1v) is 8.67. The summed E-state index contributed by atoms with van der Waals surface area (Å²) < 4.78 is 1.97. The van der Waals surface area contributed by atoms with E-state index in [1.165, 1.54) is 60.2 Å². The Morgan fingerprint density at radius 2 is 1.95 bits per heavy atom. The molecule has 1 aromatic carbocycles. The van der Waals surface area contributed by atoms with Crippen LogP contribution in [0.25, 0.3) is 16.2 Å². The number of imidazole rings is 1. The Labute approximate surface area is 127 Å². The third-order valence-corrected chi connectivity index (χ3v) is 5.71. The van der Waals surface area contributed by atoms with E-state index in [4.69, 9.17) is 4.98 Å². The topological polar surface area (TPSA) is 30.2 Å². The molecule has 106 valence electrons. The van der Waals surface area contributed by atoms with Crippen molar-refractivity contribution in [1.29, 1.82) is 0 Å². The second kappa shape index (κ2) is 4.41. The van der Waals surface area contributed by atoms with Gasteiger partial charge in [-0.2, -0.15) is 5.10 Å². The van der Waals surface area contributed by atoms with Crippen LogP contribution < -0.4 is 0 Å². The van der Waals surface area contributed by atoms with Gasteiger partial charge in [0.05, 0.1) is 11.9 Å². The monoisotopic (exact) mass is 295 g/mol. The Hall–Kier alpha value is -1.68. The first-order chi connectivity index (χ1) is 10.4. The van der Waals surface area contributed by atoms with Crippen molar-refractivity contribution in [3.8, 4) is 11.3 Å². The van der Waals surface area contributed by atoms with E-state index in [9.17, 15) is 0 Å². The van der Waals surface area contributed by atoms with Crippen molar-refractivity contribution >= 4 is 16.3 Å². The first-order valence-electron chi connectivity index (χ1n) is 7.85. The van der Waals surface area contributed by atoms with E-state index >= 15 is 0 Å². The molecule has 5 rings (SSSR count). The van der Waals surface area contributed by atoms with E-state index in [0.717, 1.165) is 10.7 Å². The second-order valence-corrected chi connectivity index (χ2v) is 7.25. The molecule has 0 N–H and O–H groups in total. The fourth-order valence-corrected chi connectivity index (χ4v) is 4.29. The van der Waals surface area contributed by atoms with Gasteiger partial charge >= 0.3 is 0 Å². The molecule has 0 spiro atoms. The minimum Gasteiger partial charge on any atom is -0.217 e. The maximum absolute atomic E-state index is 4.78. The van der Waals surface area contributed by atoms with Crippen LogP contribution in [0.3, 0.4) is 0 Å². The van der Waals surface area contributed by atoms with Gasteiger partial charge < -0.3 is 0 Å². The molecule has 21 heavy (non-hydrogen) atoms. The second-order valence-electron chi connectivity index (χ2n) is 6.26. The molecule has 0 unspecified atom stereocenters. The van der Waals surface area contributed by atoms with Gasteiger partial charge in [-0.25, -0.2) is 9.50 Å². The van der Waals surface area contributed by atoms with E-state index in [2.05, 4.69) is 29.5 Å². The average Bonchev–Trinajstić information content (AvgIpc) is 3.17. The Bertz CT molecular complexity index is 794. The number of hydrogen-bond donors (Lipinski definition) is 0. The number of hydrogen-bond acceptors (Lipinski definition) is 3. The van der Waals surface area contributed by atoms with Gasteiger partial charge in [-0.05, 0) is 55.7 Å². The van der Waals surface area contributed by atoms with E-state index < -0.39 is 0 Å². The standard InChI is InChI=1S/C17H17N3S/c1-2-4-13-9-14(8-5-11(13)3-1)15-10-20-17(18-15)21-16(19-20)12-6-7-12/h5,8-10,12H,1-4,6-7H2. The van der Waals surface area contributed by atoms with Crippen LogP contribution in [0, 0.1) is 0 Å². The Morgan fingerprint density at radius 3 is 2.76 bits per heavy atom. The predicted molar refractivity (Wildman–Crippen MR) is 84.9 cm³/mol. The zero-order chi connectivity index (χ0) is 13.8. The molecule has 0 amide bonds. The van der Waals surface area contributed by atoms with Crippen molar-refractivity contribution in [2.75, 3.05) is 0 Å². The van der Waals surface area contributed by atoms with Crippen molar-refractivity contribution < 1.29 is 0 Å². The Balaban J connectivity index is 1.55. The van der Waals surface area contributed by atoms with E-state index in [0.29, 0.717) is 5.92 Å². The van der Waals surface area contributed by atoms with Gasteiger partial charge in [0.2, 0.25) is 4.96 Å². The fourth-order valence-electron chi connectivity index (χ4n) is 3.24. The van der Waals surface area contributed by atoms with Crippen LogP contribution in [0.1, 0.15) is 47.7 Å². The van der Waals surface area contributed by atoms with Crippen molar-refractivity contribution in [3.63, 3.8) is 0 Å². The van der Waals surface area contributed by atoms with Crippen LogP contribution in [0.4, 0.5) is 0 Å². The molecule has 2 heterocycles. The summed E-state index contributed by atoms with van der Waals surface area (Å²) in [6.07, 6.45) is 9.79. The maximum Gasteiger partial charge on any atom is 0.212 e. The molecule has 4 heteroatoms. The molecular formula is C17H17N3S. The molecular weight excluding hydrogens is 278 g/mol. The van der Waals surface area contributed by atoms with Crippen molar-refractivity contribution in [3.05, 3.63) is 40.5 Å². The quantitative estimate of drug-likeness (QED) is 0.709. The summed E-state index contributed by atoms with van der Waals surface area (Å²) in [7, 11) is 0. The van der Waals surface area contributed by atoms with Crippen LogP contribution in [-0.2, 0) is 12.8 Å². The number of aryl methyl sites for hydroxylation is 2. The van der Waals surface area contributed by atoms with Gasteiger partial charge in [0.15, 0.2) is 0 Å². The zero-order valence-electron chi connectivity index (χ0n) is 11.9. The highest BCUT2D eigenvalue weighted by molar-refractivity contribution is 7.16. The molecule has 3 aromatic rings. The smallest absolute Gasteiger partial charge is 0.212 e. The van der Waals surface area contributed by atoms with Gasteiger partial charge in [-0.1, -0.05) is 23.5 Å². The molecule has 0 atom stereocenters. The minimum atomic E-state index is 0.712. The molecule has 1 fully saturated rings. The summed E-state index contributed by atoms with van der Waals surface area (Å²) in [6, 6.07) is 6.85. The lowest BCUT2D eigenvalue weighted by atomic mass is 9.90. The molecule has 0 aliphatic heterocycles. The largest absolute Gasteiger partial charge is 0.217 e. The molecule has 3 nitrogen and oxygen atoms in total. The lowest BCUT2D eigenvalue weighted by molar-refractivity contribution is 0.686. The normalized spacial score (nSPS) is 18.1. The van der Waals surface area contributed by atoms with Crippen LogP contribution in [-0.4, -0.2) is 14.6 Å².